The monoisotopic (exact) mass is 328 g/mol. The zero-order valence-electron chi connectivity index (χ0n) is 10.8. The summed E-state index contributed by atoms with van der Waals surface area (Å²) < 4.78 is 5.46. The van der Waals surface area contributed by atoms with E-state index in [1.807, 2.05) is 0 Å². The Labute approximate surface area is 130 Å². The van der Waals surface area contributed by atoms with Gasteiger partial charge in [0.1, 0.15) is 0 Å². The van der Waals surface area contributed by atoms with Crippen molar-refractivity contribution in [3.8, 4) is 11.6 Å². The fraction of sp³-hybridized carbons (Fsp3) is 0.154. The maximum Gasteiger partial charge on any atom is 0.272 e. The zero-order valence-corrected chi connectivity index (χ0v) is 12.3. The fourth-order valence-corrected chi connectivity index (χ4v) is 2.15. The van der Waals surface area contributed by atoms with Crippen LogP contribution in [0.2, 0.25) is 10.0 Å². The molecule has 0 bridgehead atoms. The number of hydrogen-bond donors (Lipinski definition) is 1. The number of non-ortho nitro benzene ring substituents is 1. The summed E-state index contributed by atoms with van der Waals surface area (Å²) in [5.74, 6) is 0.241. The molecule has 0 saturated carbocycles. The predicted octanol–water partition coefficient (Wildman–Crippen LogP) is 4.14. The van der Waals surface area contributed by atoms with Crippen LogP contribution < -0.4 is 4.74 Å². The van der Waals surface area contributed by atoms with E-state index in [9.17, 15) is 15.2 Å². The third-order valence-corrected chi connectivity index (χ3v) is 3.20. The van der Waals surface area contributed by atoms with Gasteiger partial charge < -0.3 is 9.84 Å². The average molecular weight is 329 g/mol. The van der Waals surface area contributed by atoms with Gasteiger partial charge >= 0.3 is 0 Å². The summed E-state index contributed by atoms with van der Waals surface area (Å²) in [7, 11) is 0. The molecule has 8 heteroatoms. The third-order valence-electron chi connectivity index (χ3n) is 2.64. The molecule has 1 N–H and O–H groups in total. The number of nitrogens with zero attached hydrogens (tertiary/aromatic N) is 2. The van der Waals surface area contributed by atoms with Gasteiger partial charge in [0, 0.05) is 24.4 Å². The van der Waals surface area contributed by atoms with Crippen molar-refractivity contribution < 1.29 is 14.8 Å². The number of aromatic nitrogens is 1. The van der Waals surface area contributed by atoms with E-state index in [1.54, 1.807) is 13.0 Å². The molecule has 110 valence electrons. The van der Waals surface area contributed by atoms with Gasteiger partial charge in [0.25, 0.3) is 5.69 Å². The van der Waals surface area contributed by atoms with Gasteiger partial charge in [-0.25, -0.2) is 4.98 Å². The Bertz CT molecular complexity index is 669. The molecule has 0 fully saturated rings. The summed E-state index contributed by atoms with van der Waals surface area (Å²) >= 11 is 11.9. The Morgan fingerprint density at radius 3 is 2.48 bits per heavy atom. The van der Waals surface area contributed by atoms with E-state index in [1.165, 1.54) is 12.3 Å². The largest absolute Gasteiger partial charge is 0.436 e. The molecule has 1 aromatic carbocycles. The number of ether oxygens (including phenoxy) is 1. The second kappa shape index (κ2) is 6.26. The molecule has 1 aromatic heterocycles. The summed E-state index contributed by atoms with van der Waals surface area (Å²) in [4.78, 5) is 14.1. The molecule has 0 spiro atoms. The van der Waals surface area contributed by atoms with E-state index in [0.29, 0.717) is 5.56 Å². The molecule has 1 atom stereocenters. The highest BCUT2D eigenvalue weighted by Crippen LogP contribution is 2.39. The first kappa shape index (κ1) is 15.5. The van der Waals surface area contributed by atoms with Gasteiger partial charge in [-0.15, -0.1) is 0 Å². The van der Waals surface area contributed by atoms with Gasteiger partial charge in [-0.3, -0.25) is 10.1 Å². The summed E-state index contributed by atoms with van der Waals surface area (Å²) in [5, 5.41) is 20.2. The van der Waals surface area contributed by atoms with Crippen LogP contribution in [0, 0.1) is 10.1 Å². The van der Waals surface area contributed by atoms with E-state index in [4.69, 9.17) is 27.9 Å². The molecular weight excluding hydrogens is 319 g/mol. The molecule has 1 heterocycles. The van der Waals surface area contributed by atoms with Gasteiger partial charge in [-0.1, -0.05) is 23.2 Å². The number of aliphatic hydroxyl groups is 1. The quantitative estimate of drug-likeness (QED) is 0.673. The molecule has 0 radical (unpaired) electrons. The van der Waals surface area contributed by atoms with Crippen molar-refractivity contribution in [2.24, 2.45) is 0 Å². The molecule has 2 aromatic rings. The van der Waals surface area contributed by atoms with E-state index in [0.717, 1.165) is 12.1 Å². The normalized spacial score (nSPS) is 12.0. The van der Waals surface area contributed by atoms with Crippen LogP contribution in [-0.4, -0.2) is 15.0 Å². The van der Waals surface area contributed by atoms with Crippen LogP contribution >= 0.6 is 23.2 Å². The lowest BCUT2D eigenvalue weighted by molar-refractivity contribution is -0.384. The first-order valence-electron chi connectivity index (χ1n) is 5.84. The highest BCUT2D eigenvalue weighted by molar-refractivity contribution is 6.37. The Morgan fingerprint density at radius 2 is 1.95 bits per heavy atom. The van der Waals surface area contributed by atoms with Crippen molar-refractivity contribution in [3.05, 3.63) is 56.2 Å². The second-order valence-corrected chi connectivity index (χ2v) is 5.02. The third kappa shape index (κ3) is 3.60. The molecule has 0 saturated heterocycles. The minimum Gasteiger partial charge on any atom is -0.436 e. The number of nitro groups is 1. The highest BCUT2D eigenvalue weighted by Gasteiger charge is 2.17. The topological polar surface area (TPSA) is 85.5 Å². The van der Waals surface area contributed by atoms with Crippen LogP contribution in [0.1, 0.15) is 18.6 Å². The van der Waals surface area contributed by atoms with Crippen molar-refractivity contribution >= 4 is 28.9 Å². The van der Waals surface area contributed by atoms with Crippen LogP contribution in [0.5, 0.6) is 11.6 Å². The first-order chi connectivity index (χ1) is 9.88. The lowest BCUT2D eigenvalue weighted by Crippen LogP contribution is -1.96. The standard InChI is InChI=1S/C13H10Cl2N2O4/c1-7(18)8-2-3-16-12(4-8)21-13-10(14)5-9(17(19)20)6-11(13)15/h2-7,18H,1H3/t7-/m1/s1. The van der Waals surface area contributed by atoms with E-state index in [-0.39, 0.29) is 27.4 Å². The van der Waals surface area contributed by atoms with Crippen molar-refractivity contribution in [1.29, 1.82) is 0 Å². The Balaban J connectivity index is 2.36. The van der Waals surface area contributed by atoms with Gasteiger partial charge in [0.2, 0.25) is 5.88 Å². The smallest absolute Gasteiger partial charge is 0.272 e. The Hall–Kier alpha value is -1.89. The molecule has 0 unspecified atom stereocenters. The number of nitro benzene ring substituents is 1. The fourth-order valence-electron chi connectivity index (χ4n) is 1.59. The van der Waals surface area contributed by atoms with Crippen LogP contribution in [0.3, 0.4) is 0 Å². The van der Waals surface area contributed by atoms with Crippen LogP contribution in [-0.2, 0) is 0 Å². The van der Waals surface area contributed by atoms with Crippen LogP contribution in [0.25, 0.3) is 0 Å². The van der Waals surface area contributed by atoms with Crippen molar-refractivity contribution in [2.75, 3.05) is 0 Å². The number of rotatable bonds is 4. The first-order valence-corrected chi connectivity index (χ1v) is 6.59. The predicted molar refractivity (Wildman–Crippen MR) is 78.1 cm³/mol. The van der Waals surface area contributed by atoms with Crippen molar-refractivity contribution in [3.63, 3.8) is 0 Å². The van der Waals surface area contributed by atoms with Gasteiger partial charge in [0.15, 0.2) is 5.75 Å². The van der Waals surface area contributed by atoms with Crippen LogP contribution in [0.15, 0.2) is 30.5 Å². The number of benzene rings is 1. The van der Waals surface area contributed by atoms with Crippen molar-refractivity contribution in [1.82, 2.24) is 4.98 Å². The van der Waals surface area contributed by atoms with E-state index in [2.05, 4.69) is 4.98 Å². The molecule has 0 amide bonds. The molecular formula is C13H10Cl2N2O4. The van der Waals surface area contributed by atoms with Gasteiger partial charge in [0.05, 0.1) is 21.1 Å². The maximum absolute atomic E-state index is 10.7. The molecule has 6 nitrogen and oxygen atoms in total. The Kier molecular flexibility index (Phi) is 4.62. The van der Waals surface area contributed by atoms with E-state index >= 15 is 0 Å². The van der Waals surface area contributed by atoms with Gasteiger partial charge in [-0.05, 0) is 18.6 Å². The lowest BCUT2D eigenvalue weighted by atomic mass is 10.2. The summed E-state index contributed by atoms with van der Waals surface area (Å²) in [6.45, 7) is 1.60. The van der Waals surface area contributed by atoms with E-state index < -0.39 is 11.0 Å². The summed E-state index contributed by atoms with van der Waals surface area (Å²) in [6, 6.07) is 5.44. The second-order valence-electron chi connectivity index (χ2n) is 4.20. The maximum atomic E-state index is 10.7. The minimum absolute atomic E-state index is 0.00144. The number of halogens is 2. The molecule has 0 aliphatic rings. The zero-order chi connectivity index (χ0) is 15.6. The number of hydrogen-bond acceptors (Lipinski definition) is 5. The lowest BCUT2D eigenvalue weighted by Gasteiger charge is -2.10. The number of aliphatic hydroxyl groups excluding tert-OH is 1. The average Bonchev–Trinajstić information content (AvgIpc) is 2.42. The minimum atomic E-state index is -0.682. The Morgan fingerprint density at radius 1 is 1.33 bits per heavy atom. The SMILES string of the molecule is C[C@@H](O)c1ccnc(Oc2c(Cl)cc([N+](=O)[O-])cc2Cl)c1. The van der Waals surface area contributed by atoms with Gasteiger partial charge in [-0.2, -0.15) is 0 Å². The molecule has 0 aliphatic heterocycles. The highest BCUT2D eigenvalue weighted by atomic mass is 35.5. The van der Waals surface area contributed by atoms with Crippen molar-refractivity contribution in [2.45, 2.75) is 13.0 Å². The summed E-state index contributed by atoms with van der Waals surface area (Å²) in [5.41, 5.74) is 0.372. The van der Waals surface area contributed by atoms with Crippen LogP contribution in [0.4, 0.5) is 5.69 Å². The molecule has 21 heavy (non-hydrogen) atoms. The molecule has 2 rings (SSSR count). The molecule has 0 aliphatic carbocycles. The number of pyridine rings is 1. The summed E-state index contributed by atoms with van der Waals surface area (Å²) in [6.07, 6.45) is 0.781.